The predicted octanol–water partition coefficient (Wildman–Crippen LogP) is 2.78. The molecule has 12 heteroatoms. The van der Waals surface area contributed by atoms with Crippen LogP contribution in [0.4, 0.5) is 27.5 Å². The van der Waals surface area contributed by atoms with Crippen LogP contribution in [0.25, 0.3) is 0 Å². The largest absolute Gasteiger partial charge is 0.446 e. The van der Waals surface area contributed by atoms with Gasteiger partial charge in [0.2, 0.25) is 5.69 Å². The van der Waals surface area contributed by atoms with E-state index in [0.717, 1.165) is 0 Å². The minimum absolute atomic E-state index is 0.176. The number of benzene rings is 1. The summed E-state index contributed by atoms with van der Waals surface area (Å²) in [7, 11) is 0. The molecule has 0 spiro atoms. The third-order valence-electron chi connectivity index (χ3n) is 2.80. The molecule has 0 aliphatic carbocycles. The molecule has 0 saturated carbocycles. The molecule has 0 heterocycles. The molecule has 0 unspecified atom stereocenters. The molecule has 0 aliphatic heterocycles. The van der Waals surface area contributed by atoms with Gasteiger partial charge in [-0.25, -0.2) is 4.79 Å². The van der Waals surface area contributed by atoms with E-state index in [1.165, 1.54) is 20.8 Å². The second kappa shape index (κ2) is 7.30. The van der Waals surface area contributed by atoms with E-state index in [1.54, 1.807) is 0 Å². The molecule has 12 nitrogen and oxygen atoms in total. The summed E-state index contributed by atoms with van der Waals surface area (Å²) in [6, 6.07) is 1.13. The van der Waals surface area contributed by atoms with Crippen LogP contribution in [0.2, 0.25) is 0 Å². The minimum atomic E-state index is -1.03. The Bertz CT molecular complexity index is 667. The maximum atomic E-state index is 12.1. The number of carbonyl (C=O) groups is 1. The van der Waals surface area contributed by atoms with Crippen molar-refractivity contribution in [2.75, 3.05) is 11.4 Å². The van der Waals surface area contributed by atoms with Crippen LogP contribution in [-0.2, 0) is 4.74 Å². The van der Waals surface area contributed by atoms with E-state index in [2.05, 4.69) is 0 Å². The summed E-state index contributed by atoms with van der Waals surface area (Å²) in [6.07, 6.45) is -1.60. The average Bonchev–Trinajstić information content (AvgIpc) is 2.46. The van der Waals surface area contributed by atoms with E-state index >= 15 is 0 Å². The molecule has 0 N–H and O–H groups in total. The molecule has 0 radical (unpaired) electrons. The number of rotatable bonds is 6. The fraction of sp³-hybridized carbons (Fsp3) is 0.417. The maximum Gasteiger partial charge on any atom is 0.414 e. The van der Waals surface area contributed by atoms with Gasteiger partial charge in [-0.05, 0) is 20.8 Å². The molecule has 24 heavy (non-hydrogen) atoms. The third-order valence-corrected chi connectivity index (χ3v) is 2.80. The second-order valence-electron chi connectivity index (χ2n) is 4.78. The van der Waals surface area contributed by atoms with Crippen molar-refractivity contribution < 1.29 is 24.3 Å². The smallest absolute Gasteiger partial charge is 0.414 e. The molecule has 130 valence electrons. The number of carbonyl (C=O) groups excluding carboxylic acids is 1. The van der Waals surface area contributed by atoms with Gasteiger partial charge in [-0.15, -0.1) is 0 Å². The highest BCUT2D eigenvalue weighted by molar-refractivity contribution is 5.95. The number of hydrogen-bond donors (Lipinski definition) is 0. The summed E-state index contributed by atoms with van der Waals surface area (Å²) in [5.74, 6) is 0. The van der Waals surface area contributed by atoms with Crippen LogP contribution in [0.5, 0.6) is 0 Å². The molecule has 0 fully saturated rings. The van der Waals surface area contributed by atoms with Gasteiger partial charge in [0.25, 0.3) is 5.69 Å². The van der Waals surface area contributed by atoms with Crippen LogP contribution in [0.15, 0.2) is 12.1 Å². The van der Waals surface area contributed by atoms with E-state index in [9.17, 15) is 35.1 Å². The third kappa shape index (κ3) is 3.91. The molecule has 0 atom stereocenters. The summed E-state index contributed by atoms with van der Waals surface area (Å²) in [5, 5.41) is 33.3. The van der Waals surface area contributed by atoms with E-state index in [1.807, 2.05) is 0 Å². The molecule has 0 saturated heterocycles. The zero-order valence-electron chi connectivity index (χ0n) is 13.0. The average molecular weight is 342 g/mol. The van der Waals surface area contributed by atoms with Crippen molar-refractivity contribution in [1.82, 2.24) is 0 Å². The van der Waals surface area contributed by atoms with E-state index in [0.29, 0.717) is 17.0 Å². The number of non-ortho nitro benzene ring substituents is 1. The quantitative estimate of drug-likeness (QED) is 0.563. The highest BCUT2D eigenvalue weighted by Crippen LogP contribution is 2.41. The zero-order valence-corrected chi connectivity index (χ0v) is 13.0. The van der Waals surface area contributed by atoms with Crippen LogP contribution in [0.1, 0.15) is 20.8 Å². The Labute approximate surface area is 135 Å². The number of hydrogen-bond acceptors (Lipinski definition) is 8. The summed E-state index contributed by atoms with van der Waals surface area (Å²) < 4.78 is 4.91. The van der Waals surface area contributed by atoms with Gasteiger partial charge >= 0.3 is 17.5 Å². The molecule has 0 bridgehead atoms. The lowest BCUT2D eigenvalue weighted by Crippen LogP contribution is -2.34. The molecular formula is C12H14N4O8. The maximum absolute atomic E-state index is 12.1. The molecule has 0 aliphatic rings. The lowest BCUT2D eigenvalue weighted by molar-refractivity contribution is -0.402. The topological polar surface area (TPSA) is 159 Å². The summed E-state index contributed by atoms with van der Waals surface area (Å²) in [4.78, 5) is 43.0. The molecular weight excluding hydrogens is 328 g/mol. The van der Waals surface area contributed by atoms with Crippen molar-refractivity contribution in [1.29, 1.82) is 0 Å². The number of ether oxygens (including phenoxy) is 1. The number of anilines is 1. The zero-order chi connectivity index (χ0) is 18.6. The minimum Gasteiger partial charge on any atom is -0.446 e. The fourth-order valence-corrected chi connectivity index (χ4v) is 1.89. The van der Waals surface area contributed by atoms with Gasteiger partial charge in [-0.1, -0.05) is 0 Å². The highest BCUT2D eigenvalue weighted by atomic mass is 16.6. The van der Waals surface area contributed by atoms with Gasteiger partial charge in [0.1, 0.15) is 0 Å². The molecule has 1 rings (SSSR count). The Morgan fingerprint density at radius 2 is 1.54 bits per heavy atom. The molecule has 1 amide bonds. The first kappa shape index (κ1) is 18.7. The SMILES string of the molecule is CCN(C(=O)OC(C)C)c1c([N+](=O)[O-])cc([N+](=O)[O-])cc1[N+](=O)[O-]. The van der Waals surface area contributed by atoms with Crippen LogP contribution in [0, 0.1) is 30.3 Å². The Kier molecular flexibility index (Phi) is 5.70. The predicted molar refractivity (Wildman–Crippen MR) is 81.0 cm³/mol. The van der Waals surface area contributed by atoms with Gasteiger partial charge in [-0.2, -0.15) is 0 Å². The van der Waals surface area contributed by atoms with Crippen LogP contribution < -0.4 is 4.90 Å². The van der Waals surface area contributed by atoms with Crippen LogP contribution in [-0.4, -0.2) is 33.5 Å². The highest BCUT2D eigenvalue weighted by Gasteiger charge is 2.36. The Balaban J connectivity index is 3.69. The van der Waals surface area contributed by atoms with E-state index < -0.39 is 49.7 Å². The van der Waals surface area contributed by atoms with Gasteiger partial charge in [0.05, 0.1) is 33.0 Å². The van der Waals surface area contributed by atoms with Crippen molar-refractivity contribution in [3.8, 4) is 0 Å². The van der Waals surface area contributed by atoms with Crippen molar-refractivity contribution in [3.63, 3.8) is 0 Å². The molecule has 0 aromatic heterocycles. The Hall–Kier alpha value is -3.31. The number of nitrogens with zero attached hydrogens (tertiary/aromatic N) is 4. The lowest BCUT2D eigenvalue weighted by Gasteiger charge is -2.21. The number of nitro groups is 3. The van der Waals surface area contributed by atoms with Crippen molar-refractivity contribution in [3.05, 3.63) is 42.5 Å². The van der Waals surface area contributed by atoms with Gasteiger partial charge < -0.3 is 4.74 Å². The first-order chi connectivity index (χ1) is 11.1. The fourth-order valence-electron chi connectivity index (χ4n) is 1.89. The van der Waals surface area contributed by atoms with Crippen LogP contribution >= 0.6 is 0 Å². The first-order valence-corrected chi connectivity index (χ1v) is 6.69. The number of nitro benzene ring substituents is 3. The van der Waals surface area contributed by atoms with Crippen LogP contribution in [0.3, 0.4) is 0 Å². The standard InChI is InChI=1S/C12H14N4O8/c1-4-13(12(17)24-7(2)3)11-9(15(20)21)5-8(14(18)19)6-10(11)16(22)23/h5-7H,4H2,1-3H3. The van der Waals surface area contributed by atoms with E-state index in [-0.39, 0.29) is 6.54 Å². The Morgan fingerprint density at radius 3 is 1.83 bits per heavy atom. The van der Waals surface area contributed by atoms with Gasteiger partial charge in [0, 0.05) is 6.54 Å². The molecule has 1 aromatic carbocycles. The second-order valence-corrected chi connectivity index (χ2v) is 4.78. The number of amides is 1. The van der Waals surface area contributed by atoms with E-state index in [4.69, 9.17) is 4.74 Å². The first-order valence-electron chi connectivity index (χ1n) is 6.69. The lowest BCUT2D eigenvalue weighted by atomic mass is 10.2. The normalized spacial score (nSPS) is 10.3. The van der Waals surface area contributed by atoms with Crippen molar-refractivity contribution in [2.24, 2.45) is 0 Å². The summed E-state index contributed by atoms with van der Waals surface area (Å²) >= 11 is 0. The summed E-state index contributed by atoms with van der Waals surface area (Å²) in [5.41, 5.74) is -3.36. The monoisotopic (exact) mass is 342 g/mol. The van der Waals surface area contributed by atoms with Gasteiger partial charge in [0.15, 0.2) is 0 Å². The van der Waals surface area contributed by atoms with Crippen molar-refractivity contribution in [2.45, 2.75) is 26.9 Å². The van der Waals surface area contributed by atoms with Crippen molar-refractivity contribution >= 4 is 28.8 Å². The van der Waals surface area contributed by atoms with Gasteiger partial charge in [-0.3, -0.25) is 35.2 Å². The summed E-state index contributed by atoms with van der Waals surface area (Å²) in [6.45, 7) is 4.32. The molecule has 1 aromatic rings. The Morgan fingerprint density at radius 1 is 1.08 bits per heavy atom.